The van der Waals surface area contributed by atoms with E-state index in [1.54, 1.807) is 0 Å². The predicted molar refractivity (Wildman–Crippen MR) is 148 cm³/mol. The zero-order valence-electron chi connectivity index (χ0n) is 22.2. The van der Waals surface area contributed by atoms with E-state index in [0.717, 1.165) is 43.5 Å². The molecule has 34 heavy (non-hydrogen) atoms. The Balaban J connectivity index is 2.14. The maximum atomic E-state index is 4.85. The van der Waals surface area contributed by atoms with Gasteiger partial charge in [-0.1, -0.05) is 83.7 Å². The molecule has 2 unspecified atom stereocenters. The van der Waals surface area contributed by atoms with E-state index in [-0.39, 0.29) is 11.5 Å². The molecule has 0 amide bonds. The zero-order valence-corrected chi connectivity index (χ0v) is 22.2. The summed E-state index contributed by atoms with van der Waals surface area (Å²) in [6.45, 7) is 21.7. The summed E-state index contributed by atoms with van der Waals surface area (Å²) in [5.74, 6) is 0.401. The highest BCUT2D eigenvalue weighted by Crippen LogP contribution is 2.44. The third kappa shape index (κ3) is 5.84. The molecule has 0 radical (unpaired) electrons. The predicted octanol–water partition coefficient (Wildman–Crippen LogP) is 8.65. The number of hydrogen-bond donors (Lipinski definition) is 0. The van der Waals surface area contributed by atoms with Crippen molar-refractivity contribution in [2.24, 2.45) is 4.99 Å². The van der Waals surface area contributed by atoms with Gasteiger partial charge in [-0.15, -0.1) is 0 Å². The molecule has 0 aliphatic carbocycles. The first kappa shape index (κ1) is 25.9. The van der Waals surface area contributed by atoms with Crippen LogP contribution in [0.2, 0.25) is 0 Å². The summed E-state index contributed by atoms with van der Waals surface area (Å²) in [6, 6.07) is 13.9. The molecule has 0 bridgehead atoms. The van der Waals surface area contributed by atoms with Gasteiger partial charge in [0.15, 0.2) is 12.2 Å². The second-order valence-electron chi connectivity index (χ2n) is 10.6. The first-order valence-electron chi connectivity index (χ1n) is 12.9. The van der Waals surface area contributed by atoms with Gasteiger partial charge in [-0.3, -0.25) is 4.99 Å². The number of nitrogens with zero attached hydrogens (tertiary/aromatic N) is 2. The first-order valence-corrected chi connectivity index (χ1v) is 12.9. The first-order chi connectivity index (χ1) is 16.2. The number of fused-ring (bicyclic) bond motifs is 3. The van der Waals surface area contributed by atoms with Crippen LogP contribution < -0.4 is 4.57 Å². The van der Waals surface area contributed by atoms with Crippen molar-refractivity contribution in [3.05, 3.63) is 90.3 Å². The number of hydrogen-bond acceptors (Lipinski definition) is 1. The molecule has 180 valence electrons. The summed E-state index contributed by atoms with van der Waals surface area (Å²) in [7, 11) is 0. The number of pyridine rings is 1. The van der Waals surface area contributed by atoms with E-state index in [4.69, 9.17) is 4.99 Å². The number of aromatic nitrogens is 1. The maximum absolute atomic E-state index is 4.85. The van der Waals surface area contributed by atoms with Crippen LogP contribution in [-0.2, 0) is 5.41 Å². The lowest BCUT2D eigenvalue weighted by molar-refractivity contribution is -0.718. The van der Waals surface area contributed by atoms with E-state index >= 15 is 0 Å². The van der Waals surface area contributed by atoms with Crippen LogP contribution in [0.1, 0.15) is 96.7 Å². The van der Waals surface area contributed by atoms with Gasteiger partial charge in [0.05, 0.1) is 6.42 Å². The van der Waals surface area contributed by atoms with E-state index in [2.05, 4.69) is 108 Å². The van der Waals surface area contributed by atoms with Crippen molar-refractivity contribution >= 4 is 5.71 Å². The van der Waals surface area contributed by atoms with Crippen LogP contribution in [0.3, 0.4) is 0 Å². The molecule has 0 fully saturated rings. The Bertz CT molecular complexity index is 1090. The topological polar surface area (TPSA) is 16.2 Å². The number of benzene rings is 1. The minimum absolute atomic E-state index is 0.0923. The summed E-state index contributed by atoms with van der Waals surface area (Å²) in [5, 5.41) is 0. The van der Waals surface area contributed by atoms with Crippen molar-refractivity contribution in [3.8, 4) is 11.3 Å². The van der Waals surface area contributed by atoms with Gasteiger partial charge in [0.2, 0.25) is 5.69 Å². The standard InChI is InChI=1S/C32H43N2/c1-9-14-25(11-3)17-19-29-27-15-12-13-16-28(27)30-20-18-26(32(6,7)8)22-34(30)31(29)21-24(5)33-23(4)10-2/h9,12-16,18,20,22,29,31H,1,5,10-11,17,19,21H2,2-4,6-8H3/q+1/b25-14+,33-23?. The average molecular weight is 456 g/mol. The van der Waals surface area contributed by atoms with Crippen molar-refractivity contribution in [2.45, 2.75) is 91.0 Å². The van der Waals surface area contributed by atoms with Crippen molar-refractivity contribution in [1.29, 1.82) is 0 Å². The highest BCUT2D eigenvalue weighted by molar-refractivity contribution is 5.82. The largest absolute Gasteiger partial charge is 0.263 e. The van der Waals surface area contributed by atoms with Crippen molar-refractivity contribution in [2.75, 3.05) is 0 Å². The summed E-state index contributed by atoms with van der Waals surface area (Å²) in [4.78, 5) is 4.85. The van der Waals surface area contributed by atoms with Crippen LogP contribution in [0, 0.1) is 0 Å². The highest BCUT2D eigenvalue weighted by atomic mass is 15.0. The van der Waals surface area contributed by atoms with Gasteiger partial charge in [-0.2, -0.15) is 4.57 Å². The number of allylic oxidation sites excluding steroid dienone is 4. The van der Waals surface area contributed by atoms with Crippen molar-refractivity contribution in [1.82, 2.24) is 0 Å². The molecule has 1 aromatic heterocycles. The fourth-order valence-electron chi connectivity index (χ4n) is 5.03. The minimum atomic E-state index is 0.0923. The molecule has 2 heterocycles. The second kappa shape index (κ2) is 11.1. The maximum Gasteiger partial charge on any atom is 0.213 e. The Hall–Kier alpha value is -2.74. The molecule has 0 saturated carbocycles. The van der Waals surface area contributed by atoms with E-state index in [1.807, 2.05) is 6.08 Å². The Morgan fingerprint density at radius 1 is 1.09 bits per heavy atom. The Labute approximate surface area is 207 Å². The Kier molecular flexibility index (Phi) is 8.47. The normalized spacial score (nSPS) is 18.3. The molecular weight excluding hydrogens is 412 g/mol. The lowest BCUT2D eigenvalue weighted by atomic mass is 9.77. The summed E-state index contributed by atoms with van der Waals surface area (Å²) < 4.78 is 2.54. The Morgan fingerprint density at radius 2 is 1.82 bits per heavy atom. The van der Waals surface area contributed by atoms with E-state index in [0.29, 0.717) is 5.92 Å². The minimum Gasteiger partial charge on any atom is -0.263 e. The molecule has 0 saturated heterocycles. The monoisotopic (exact) mass is 455 g/mol. The Morgan fingerprint density at radius 3 is 2.47 bits per heavy atom. The zero-order chi connectivity index (χ0) is 24.9. The molecule has 1 aromatic carbocycles. The molecule has 3 rings (SSSR count). The number of aliphatic imine (C=N–C) groups is 1. The summed E-state index contributed by atoms with van der Waals surface area (Å²) in [5.41, 5.74) is 9.14. The molecule has 2 atom stereocenters. The number of rotatable bonds is 9. The van der Waals surface area contributed by atoms with Crippen molar-refractivity contribution in [3.63, 3.8) is 0 Å². The molecule has 1 aliphatic rings. The quantitative estimate of drug-likeness (QED) is 0.204. The molecule has 0 spiro atoms. The summed E-state index contributed by atoms with van der Waals surface area (Å²) >= 11 is 0. The molecule has 0 N–H and O–H groups in total. The summed E-state index contributed by atoms with van der Waals surface area (Å²) in [6.07, 6.45) is 11.6. The van der Waals surface area contributed by atoms with E-state index < -0.39 is 0 Å². The van der Waals surface area contributed by atoms with Crippen molar-refractivity contribution < 1.29 is 4.57 Å². The smallest absolute Gasteiger partial charge is 0.213 e. The second-order valence-corrected chi connectivity index (χ2v) is 10.6. The fourth-order valence-corrected chi connectivity index (χ4v) is 5.03. The van der Waals surface area contributed by atoms with Crippen LogP contribution in [0.5, 0.6) is 0 Å². The molecule has 2 nitrogen and oxygen atoms in total. The third-order valence-corrected chi connectivity index (χ3v) is 7.19. The molecule has 2 heteroatoms. The van der Waals surface area contributed by atoms with Gasteiger partial charge in [0, 0.05) is 34.5 Å². The SMILES string of the molecule is C=C/C=C(\CC)CCC1c2ccccc2-c2ccc(C(C)(C)C)c[n+]2C1CC(=C)N=C(C)CC. The lowest BCUT2D eigenvalue weighted by Crippen LogP contribution is -2.48. The molecule has 2 aromatic rings. The van der Waals surface area contributed by atoms with Gasteiger partial charge < -0.3 is 0 Å². The third-order valence-electron chi connectivity index (χ3n) is 7.19. The van der Waals surface area contributed by atoms with Crippen LogP contribution in [-0.4, -0.2) is 5.71 Å². The lowest BCUT2D eigenvalue weighted by Gasteiger charge is -2.32. The van der Waals surface area contributed by atoms with Crippen LogP contribution in [0.4, 0.5) is 0 Å². The van der Waals surface area contributed by atoms with Gasteiger partial charge >= 0.3 is 0 Å². The van der Waals surface area contributed by atoms with Gasteiger partial charge in [-0.25, -0.2) is 0 Å². The fraction of sp³-hybridized carbons (Fsp3) is 0.438. The van der Waals surface area contributed by atoms with E-state index in [9.17, 15) is 0 Å². The van der Waals surface area contributed by atoms with Crippen LogP contribution >= 0.6 is 0 Å². The molecule has 1 aliphatic heterocycles. The van der Waals surface area contributed by atoms with Gasteiger partial charge in [0.1, 0.15) is 0 Å². The van der Waals surface area contributed by atoms with Crippen LogP contribution in [0.25, 0.3) is 11.3 Å². The molecular formula is C32H43N2+. The average Bonchev–Trinajstić information content (AvgIpc) is 2.81. The van der Waals surface area contributed by atoms with Gasteiger partial charge in [0.25, 0.3) is 0 Å². The van der Waals surface area contributed by atoms with E-state index in [1.165, 1.54) is 28.0 Å². The van der Waals surface area contributed by atoms with Gasteiger partial charge in [-0.05, 0) is 55.7 Å². The van der Waals surface area contributed by atoms with Crippen LogP contribution in [0.15, 0.2) is 84.2 Å². The highest BCUT2D eigenvalue weighted by Gasteiger charge is 2.40.